The van der Waals surface area contributed by atoms with E-state index in [0.29, 0.717) is 0 Å². The fourth-order valence-electron chi connectivity index (χ4n) is 8.16. The van der Waals surface area contributed by atoms with Gasteiger partial charge in [-0.3, -0.25) is 0 Å². The molecule has 0 aliphatic carbocycles. The molecule has 11 rings (SSSR count). The van der Waals surface area contributed by atoms with Crippen LogP contribution in [-0.2, 0) is 0 Å². The van der Waals surface area contributed by atoms with Crippen molar-refractivity contribution in [3.63, 3.8) is 0 Å². The van der Waals surface area contributed by atoms with Gasteiger partial charge in [0.05, 0.1) is 11.4 Å². The van der Waals surface area contributed by atoms with Crippen molar-refractivity contribution >= 4 is 112 Å². The van der Waals surface area contributed by atoms with Crippen LogP contribution in [0.5, 0.6) is 0 Å². The van der Waals surface area contributed by atoms with E-state index in [1.807, 2.05) is 22.7 Å². The van der Waals surface area contributed by atoms with Gasteiger partial charge in [-0.05, 0) is 80.3 Å². The zero-order valence-electron chi connectivity index (χ0n) is 27.5. The van der Waals surface area contributed by atoms with Gasteiger partial charge in [0.25, 0.3) is 0 Å². The van der Waals surface area contributed by atoms with Crippen LogP contribution >= 0.6 is 22.7 Å². The zero-order chi connectivity index (χ0) is 33.5. The number of rotatable bonds is 4. The van der Waals surface area contributed by atoms with E-state index in [9.17, 15) is 0 Å². The third-order valence-corrected chi connectivity index (χ3v) is 12.8. The average molecular weight is 684 g/mol. The minimum Gasteiger partial charge on any atom is -0.309 e. The summed E-state index contributed by atoms with van der Waals surface area (Å²) in [5, 5.41) is 12.8. The topological polar surface area (TPSA) is 3.24 Å². The first kappa shape index (κ1) is 28.8. The number of hydrogen-bond acceptors (Lipinski definition) is 3. The quantitative estimate of drug-likeness (QED) is 0.167. The van der Waals surface area contributed by atoms with Gasteiger partial charge in [0, 0.05) is 51.6 Å². The Labute approximate surface area is 302 Å². The Morgan fingerprint density at radius 3 is 1.76 bits per heavy atom. The van der Waals surface area contributed by atoms with Crippen LogP contribution in [0.15, 0.2) is 176 Å². The number of benzene rings is 9. The summed E-state index contributed by atoms with van der Waals surface area (Å²) >= 11 is 3.77. The van der Waals surface area contributed by atoms with E-state index >= 15 is 0 Å². The molecule has 0 aliphatic heterocycles. The molecule has 11 aromatic rings. The Morgan fingerprint density at radius 1 is 0.333 bits per heavy atom. The van der Waals surface area contributed by atoms with Crippen molar-refractivity contribution < 1.29 is 0 Å². The maximum atomic E-state index is 2.53. The van der Waals surface area contributed by atoms with Gasteiger partial charge >= 0.3 is 0 Å². The molecule has 0 aliphatic rings. The highest BCUT2D eigenvalue weighted by Crippen LogP contribution is 2.51. The molecule has 0 N–H and O–H groups in total. The second-order valence-corrected chi connectivity index (χ2v) is 15.4. The average Bonchev–Trinajstić information content (AvgIpc) is 3.77. The maximum Gasteiger partial charge on any atom is 0.0555 e. The van der Waals surface area contributed by atoms with E-state index in [1.54, 1.807) is 0 Å². The molecule has 2 aromatic heterocycles. The summed E-state index contributed by atoms with van der Waals surface area (Å²) in [5.74, 6) is 0. The Kier molecular flexibility index (Phi) is 6.36. The molecule has 238 valence electrons. The van der Waals surface area contributed by atoms with Crippen molar-refractivity contribution in [1.82, 2.24) is 0 Å². The van der Waals surface area contributed by atoms with Crippen molar-refractivity contribution in [3.05, 3.63) is 176 Å². The molecule has 0 saturated carbocycles. The van der Waals surface area contributed by atoms with Gasteiger partial charge in [-0.2, -0.15) is 0 Å². The molecule has 1 nitrogen and oxygen atoms in total. The minimum absolute atomic E-state index is 1.15. The summed E-state index contributed by atoms with van der Waals surface area (Å²) in [7, 11) is 0. The van der Waals surface area contributed by atoms with Gasteiger partial charge in [0.15, 0.2) is 0 Å². The third-order valence-electron chi connectivity index (χ3n) is 10.4. The lowest BCUT2D eigenvalue weighted by molar-refractivity contribution is 1.33. The van der Waals surface area contributed by atoms with Crippen LogP contribution < -0.4 is 4.90 Å². The van der Waals surface area contributed by atoms with E-state index in [-0.39, 0.29) is 0 Å². The monoisotopic (exact) mass is 683 g/mol. The maximum absolute atomic E-state index is 2.53. The summed E-state index contributed by atoms with van der Waals surface area (Å²) in [4.78, 5) is 2.53. The molecule has 51 heavy (non-hydrogen) atoms. The fraction of sp³-hybridized carbons (Fsp3) is 0. The summed E-state index contributed by atoms with van der Waals surface area (Å²) in [6.07, 6.45) is 0. The fourth-order valence-corrected chi connectivity index (χ4v) is 10.5. The van der Waals surface area contributed by atoms with E-state index in [0.717, 1.165) is 5.69 Å². The molecule has 0 fully saturated rings. The molecule has 0 bridgehead atoms. The lowest BCUT2D eigenvalue weighted by Gasteiger charge is -2.28. The standard InChI is InChI=1S/C48H29NS2/c1-4-15-35-30(11-1)13-9-18-37(35)38-27-28-42(47-40-17-6-8-21-44(40)51-48(38)47)49(41-19-10-22-45-46(41)39-16-5-7-20-43(39)50-45)33-25-26-36-32(29-33)24-23-31-12-2-3-14-34(31)36/h1-29H. The Hall–Kier alpha value is -6.00. The van der Waals surface area contributed by atoms with E-state index in [1.165, 1.54) is 95.2 Å². The molecular formula is C48H29NS2. The third kappa shape index (κ3) is 4.39. The Bertz CT molecular complexity index is 3160. The highest BCUT2D eigenvalue weighted by molar-refractivity contribution is 7.26. The molecule has 3 heteroatoms. The summed E-state index contributed by atoms with van der Waals surface area (Å²) in [6, 6.07) is 65.0. The number of nitrogens with zero attached hydrogens (tertiary/aromatic N) is 1. The predicted molar refractivity (Wildman–Crippen MR) is 225 cm³/mol. The second kappa shape index (κ2) is 11.3. The number of hydrogen-bond donors (Lipinski definition) is 0. The van der Waals surface area contributed by atoms with Crippen LogP contribution in [0.3, 0.4) is 0 Å². The lowest BCUT2D eigenvalue weighted by atomic mass is 9.95. The lowest BCUT2D eigenvalue weighted by Crippen LogP contribution is -2.11. The van der Waals surface area contributed by atoms with Crippen molar-refractivity contribution in [2.45, 2.75) is 0 Å². The van der Waals surface area contributed by atoms with Gasteiger partial charge in [0.1, 0.15) is 0 Å². The first-order valence-electron chi connectivity index (χ1n) is 17.3. The van der Waals surface area contributed by atoms with Crippen molar-refractivity contribution in [3.8, 4) is 11.1 Å². The smallest absolute Gasteiger partial charge is 0.0555 e. The predicted octanol–water partition coefficient (Wildman–Crippen LogP) is 15.0. The van der Waals surface area contributed by atoms with Gasteiger partial charge in [0.2, 0.25) is 0 Å². The minimum atomic E-state index is 1.15. The second-order valence-electron chi connectivity index (χ2n) is 13.2. The van der Waals surface area contributed by atoms with E-state index < -0.39 is 0 Å². The molecule has 0 unspecified atom stereocenters. The van der Waals surface area contributed by atoms with Crippen LogP contribution in [0.1, 0.15) is 0 Å². The Balaban J connectivity index is 1.26. The normalized spacial score (nSPS) is 11.9. The first-order valence-corrected chi connectivity index (χ1v) is 19.0. The molecule has 9 aromatic carbocycles. The molecule has 0 radical (unpaired) electrons. The van der Waals surface area contributed by atoms with Crippen molar-refractivity contribution in [2.75, 3.05) is 4.90 Å². The molecule has 0 amide bonds. The van der Waals surface area contributed by atoms with Crippen molar-refractivity contribution in [1.29, 1.82) is 0 Å². The van der Waals surface area contributed by atoms with Crippen LogP contribution in [-0.4, -0.2) is 0 Å². The molecule has 0 atom stereocenters. The first-order chi connectivity index (χ1) is 25.3. The molecule has 0 spiro atoms. The largest absolute Gasteiger partial charge is 0.309 e. The molecule has 2 heterocycles. The van der Waals surface area contributed by atoms with Crippen LogP contribution in [0.25, 0.3) is 83.8 Å². The highest BCUT2D eigenvalue weighted by atomic mass is 32.1. The summed E-state index contributed by atoms with van der Waals surface area (Å²) < 4.78 is 5.21. The summed E-state index contributed by atoms with van der Waals surface area (Å²) in [5.41, 5.74) is 6.08. The van der Waals surface area contributed by atoms with Crippen LogP contribution in [0.2, 0.25) is 0 Å². The van der Waals surface area contributed by atoms with Crippen molar-refractivity contribution in [2.24, 2.45) is 0 Å². The van der Waals surface area contributed by atoms with Crippen LogP contribution in [0.4, 0.5) is 17.1 Å². The Morgan fingerprint density at radius 2 is 0.922 bits per heavy atom. The van der Waals surface area contributed by atoms with E-state index in [4.69, 9.17) is 0 Å². The van der Waals surface area contributed by atoms with E-state index in [2.05, 4.69) is 181 Å². The number of thiophene rings is 2. The van der Waals surface area contributed by atoms with Crippen LogP contribution in [0, 0.1) is 0 Å². The van der Waals surface area contributed by atoms with Gasteiger partial charge < -0.3 is 4.90 Å². The zero-order valence-corrected chi connectivity index (χ0v) is 29.1. The van der Waals surface area contributed by atoms with Gasteiger partial charge in [-0.25, -0.2) is 0 Å². The van der Waals surface area contributed by atoms with Gasteiger partial charge in [-0.1, -0.05) is 133 Å². The number of fused-ring (bicyclic) bond motifs is 10. The highest BCUT2D eigenvalue weighted by Gasteiger charge is 2.24. The summed E-state index contributed by atoms with van der Waals surface area (Å²) in [6.45, 7) is 0. The van der Waals surface area contributed by atoms with Gasteiger partial charge in [-0.15, -0.1) is 22.7 Å². The SMILES string of the molecule is c1ccc2c(-c3ccc(N(c4ccc5c(ccc6ccccc65)c4)c4cccc5sc6ccccc6c45)c4c3sc3ccccc34)cccc2c1. The molecular weight excluding hydrogens is 655 g/mol. The number of anilines is 3. The molecule has 0 saturated heterocycles.